The molecule has 0 atom stereocenters. The predicted molar refractivity (Wildman–Crippen MR) is 66.5 cm³/mol. The normalized spacial score (nSPS) is 12.1. The fourth-order valence-corrected chi connectivity index (χ4v) is 1.95. The van der Waals surface area contributed by atoms with Crippen molar-refractivity contribution in [1.29, 1.82) is 0 Å². The number of hydrogen-bond donors (Lipinski definition) is 1. The monoisotopic (exact) mass is 237 g/mol. The first-order chi connectivity index (χ1) is 7.43. The van der Waals surface area contributed by atoms with E-state index >= 15 is 0 Å². The van der Waals surface area contributed by atoms with Crippen molar-refractivity contribution in [2.75, 3.05) is 0 Å². The molecule has 0 radical (unpaired) electrons. The summed E-state index contributed by atoms with van der Waals surface area (Å²) in [6.07, 6.45) is 1.61. The van der Waals surface area contributed by atoms with Crippen molar-refractivity contribution in [1.82, 2.24) is 14.8 Å². The molecule has 2 rings (SSSR count). The Labute approximate surface area is 99.5 Å². The SMILES string of the molecule is CC(C)(C)n1nc2ncc(BO)cc2c1Cl. The zero-order valence-corrected chi connectivity index (χ0v) is 10.3. The van der Waals surface area contributed by atoms with Gasteiger partial charge in [0.2, 0.25) is 0 Å². The minimum atomic E-state index is -0.183. The molecule has 2 aromatic heterocycles. The maximum Gasteiger partial charge on any atom is 0.306 e. The lowest BCUT2D eigenvalue weighted by Gasteiger charge is -2.19. The number of hydrogen-bond acceptors (Lipinski definition) is 3. The molecule has 0 aliphatic carbocycles. The van der Waals surface area contributed by atoms with Crippen LogP contribution in [0, 0.1) is 0 Å². The minimum absolute atomic E-state index is 0.0417. The first-order valence-corrected chi connectivity index (χ1v) is 5.46. The maximum absolute atomic E-state index is 9.04. The average Bonchev–Trinajstić information content (AvgIpc) is 2.55. The van der Waals surface area contributed by atoms with E-state index in [1.807, 2.05) is 26.8 Å². The van der Waals surface area contributed by atoms with Crippen LogP contribution in [0.2, 0.25) is 5.15 Å². The van der Waals surface area contributed by atoms with Crippen molar-refractivity contribution in [3.8, 4) is 0 Å². The first kappa shape index (κ1) is 11.4. The number of halogens is 1. The molecule has 4 nitrogen and oxygen atoms in total. The van der Waals surface area contributed by atoms with Crippen LogP contribution in [0.5, 0.6) is 0 Å². The number of aromatic nitrogens is 3. The summed E-state index contributed by atoms with van der Waals surface area (Å²) < 4.78 is 1.74. The summed E-state index contributed by atoms with van der Waals surface area (Å²) in [5.74, 6) is 0. The van der Waals surface area contributed by atoms with Gasteiger partial charge in [-0.1, -0.05) is 11.6 Å². The van der Waals surface area contributed by atoms with E-state index < -0.39 is 0 Å². The molecule has 1 N–H and O–H groups in total. The fraction of sp³-hybridized carbons (Fsp3) is 0.400. The standard InChI is InChI=1S/C10H13BClN3O/c1-10(2,3)15-8(12)7-4-6(11-16)5-13-9(7)14-15/h4-5,11,16H,1-3H3. The van der Waals surface area contributed by atoms with Gasteiger partial charge in [0.1, 0.15) is 5.15 Å². The lowest BCUT2D eigenvalue weighted by Crippen LogP contribution is -2.23. The van der Waals surface area contributed by atoms with Gasteiger partial charge in [-0.05, 0) is 32.3 Å². The molecule has 84 valence electrons. The minimum Gasteiger partial charge on any atom is -0.449 e. The zero-order valence-electron chi connectivity index (χ0n) is 9.53. The average molecular weight is 237 g/mol. The molecule has 2 heterocycles. The Morgan fingerprint density at radius 3 is 2.69 bits per heavy atom. The van der Waals surface area contributed by atoms with Crippen LogP contribution < -0.4 is 5.46 Å². The molecule has 16 heavy (non-hydrogen) atoms. The van der Waals surface area contributed by atoms with Crippen LogP contribution in [0.25, 0.3) is 11.0 Å². The van der Waals surface area contributed by atoms with E-state index in [1.165, 1.54) is 0 Å². The molecule has 0 spiro atoms. The highest BCUT2D eigenvalue weighted by molar-refractivity contribution is 6.46. The van der Waals surface area contributed by atoms with Crippen molar-refractivity contribution < 1.29 is 5.02 Å². The Balaban J connectivity index is 2.69. The Bertz CT molecular complexity index is 533. The second kappa shape index (κ2) is 3.75. The molecule has 0 aromatic carbocycles. The van der Waals surface area contributed by atoms with Crippen LogP contribution in [0.15, 0.2) is 12.3 Å². The molecular weight excluding hydrogens is 224 g/mol. The van der Waals surface area contributed by atoms with E-state index in [0.717, 1.165) is 10.8 Å². The molecule has 0 saturated carbocycles. The highest BCUT2D eigenvalue weighted by Gasteiger charge is 2.20. The van der Waals surface area contributed by atoms with Gasteiger partial charge in [0, 0.05) is 6.20 Å². The second-order valence-electron chi connectivity index (χ2n) is 4.75. The number of rotatable bonds is 1. The van der Waals surface area contributed by atoms with Crippen molar-refractivity contribution in [2.45, 2.75) is 26.3 Å². The van der Waals surface area contributed by atoms with E-state index in [4.69, 9.17) is 16.6 Å². The smallest absolute Gasteiger partial charge is 0.306 e. The summed E-state index contributed by atoms with van der Waals surface area (Å²) >= 11 is 6.25. The molecule has 0 amide bonds. The van der Waals surface area contributed by atoms with Crippen molar-refractivity contribution in [2.24, 2.45) is 0 Å². The van der Waals surface area contributed by atoms with Gasteiger partial charge < -0.3 is 5.02 Å². The highest BCUT2D eigenvalue weighted by Crippen LogP contribution is 2.26. The van der Waals surface area contributed by atoms with Gasteiger partial charge in [-0.25, -0.2) is 9.67 Å². The van der Waals surface area contributed by atoms with Crippen LogP contribution in [0.3, 0.4) is 0 Å². The molecule has 6 heteroatoms. The summed E-state index contributed by atoms with van der Waals surface area (Å²) in [5.41, 5.74) is 1.16. The Morgan fingerprint density at radius 2 is 2.12 bits per heavy atom. The first-order valence-electron chi connectivity index (χ1n) is 5.08. The van der Waals surface area contributed by atoms with E-state index in [2.05, 4.69) is 10.1 Å². The van der Waals surface area contributed by atoms with E-state index in [1.54, 1.807) is 10.9 Å². The third-order valence-electron chi connectivity index (χ3n) is 2.34. The van der Waals surface area contributed by atoms with Crippen molar-refractivity contribution in [3.63, 3.8) is 0 Å². The largest absolute Gasteiger partial charge is 0.449 e. The third kappa shape index (κ3) is 1.81. The lowest BCUT2D eigenvalue weighted by atomic mass is 9.90. The van der Waals surface area contributed by atoms with Crippen molar-refractivity contribution in [3.05, 3.63) is 17.4 Å². The van der Waals surface area contributed by atoms with Crippen LogP contribution in [-0.4, -0.2) is 27.3 Å². The van der Waals surface area contributed by atoms with Gasteiger partial charge in [0.05, 0.1) is 10.9 Å². The summed E-state index contributed by atoms with van der Waals surface area (Å²) in [6.45, 7) is 6.08. The number of pyridine rings is 1. The van der Waals surface area contributed by atoms with Crippen LogP contribution in [0.1, 0.15) is 20.8 Å². The number of nitrogens with zero attached hydrogens (tertiary/aromatic N) is 3. The van der Waals surface area contributed by atoms with Gasteiger partial charge >= 0.3 is 7.48 Å². The highest BCUT2D eigenvalue weighted by atomic mass is 35.5. The van der Waals surface area contributed by atoms with Crippen molar-refractivity contribution >= 4 is 35.6 Å². The second-order valence-corrected chi connectivity index (χ2v) is 5.10. The molecule has 0 aliphatic heterocycles. The Hall–Kier alpha value is -1.07. The topological polar surface area (TPSA) is 50.9 Å². The number of fused-ring (bicyclic) bond motifs is 1. The molecule has 0 fully saturated rings. The molecule has 0 aliphatic rings. The lowest BCUT2D eigenvalue weighted by molar-refractivity contribution is 0.358. The van der Waals surface area contributed by atoms with Gasteiger partial charge in [-0.3, -0.25) is 0 Å². The molecule has 0 saturated heterocycles. The van der Waals surface area contributed by atoms with E-state index in [-0.39, 0.29) is 13.0 Å². The molecule has 2 aromatic rings. The summed E-state index contributed by atoms with van der Waals surface area (Å²) in [5, 5.41) is 14.7. The van der Waals surface area contributed by atoms with Gasteiger partial charge in [0.25, 0.3) is 0 Å². The molecule has 0 unspecified atom stereocenters. The summed E-state index contributed by atoms with van der Waals surface area (Å²) in [6, 6.07) is 1.82. The summed E-state index contributed by atoms with van der Waals surface area (Å²) in [4.78, 5) is 4.17. The summed E-state index contributed by atoms with van der Waals surface area (Å²) in [7, 11) is -0.0417. The van der Waals surface area contributed by atoms with Gasteiger partial charge in [0.15, 0.2) is 5.65 Å². The van der Waals surface area contributed by atoms with Gasteiger partial charge in [-0.15, -0.1) is 0 Å². The van der Waals surface area contributed by atoms with E-state index in [9.17, 15) is 0 Å². The maximum atomic E-state index is 9.04. The Kier molecular flexibility index (Phi) is 2.68. The fourth-order valence-electron chi connectivity index (χ4n) is 1.52. The van der Waals surface area contributed by atoms with Gasteiger partial charge in [-0.2, -0.15) is 5.10 Å². The predicted octanol–water partition coefficient (Wildman–Crippen LogP) is 0.809. The zero-order chi connectivity index (χ0) is 11.9. The Morgan fingerprint density at radius 1 is 1.44 bits per heavy atom. The molecule has 0 bridgehead atoms. The van der Waals surface area contributed by atoms with E-state index in [0.29, 0.717) is 10.8 Å². The molecular formula is C10H13BClN3O. The third-order valence-corrected chi connectivity index (χ3v) is 2.71. The van der Waals surface area contributed by atoms with Crippen LogP contribution >= 0.6 is 11.6 Å². The van der Waals surface area contributed by atoms with Crippen LogP contribution in [-0.2, 0) is 5.54 Å². The quantitative estimate of drug-likeness (QED) is 0.747. The van der Waals surface area contributed by atoms with Crippen LogP contribution in [0.4, 0.5) is 0 Å².